The molecule has 176 valence electrons. The van der Waals surface area contributed by atoms with Crippen molar-refractivity contribution in [2.24, 2.45) is 4.99 Å². The summed E-state index contributed by atoms with van der Waals surface area (Å²) in [6.45, 7) is 8.84. The van der Waals surface area contributed by atoms with E-state index in [1.165, 1.54) is 5.56 Å². The van der Waals surface area contributed by atoms with Gasteiger partial charge in [0.15, 0.2) is 5.96 Å². The topological polar surface area (TPSA) is 60.0 Å². The van der Waals surface area contributed by atoms with Crippen LogP contribution < -0.4 is 10.6 Å². The molecule has 2 N–H and O–H groups in total. The number of amides is 1. The van der Waals surface area contributed by atoms with Crippen molar-refractivity contribution in [1.29, 1.82) is 0 Å². The molecule has 0 saturated heterocycles. The summed E-state index contributed by atoms with van der Waals surface area (Å²) in [6, 6.07) is 10.5. The van der Waals surface area contributed by atoms with Gasteiger partial charge in [0.25, 0.3) is 5.91 Å². The number of carbonyl (C=O) groups is 1. The van der Waals surface area contributed by atoms with Gasteiger partial charge in [0.2, 0.25) is 0 Å². The van der Waals surface area contributed by atoms with E-state index in [0.29, 0.717) is 6.04 Å². The number of nitrogens with zero attached hydrogens (tertiary/aromatic N) is 3. The van der Waals surface area contributed by atoms with Gasteiger partial charge < -0.3 is 15.5 Å². The van der Waals surface area contributed by atoms with E-state index < -0.39 is 0 Å². The Kier molecular flexibility index (Phi) is 10.9. The van der Waals surface area contributed by atoms with Crippen LogP contribution in [0.3, 0.4) is 0 Å². The summed E-state index contributed by atoms with van der Waals surface area (Å²) in [5, 5.41) is 8.99. The first-order valence-corrected chi connectivity index (χ1v) is 12.0. The van der Waals surface area contributed by atoms with Crippen molar-refractivity contribution in [2.45, 2.75) is 39.3 Å². The lowest BCUT2D eigenvalue weighted by Crippen LogP contribution is -2.41. The molecule has 2 heterocycles. The van der Waals surface area contributed by atoms with Crippen LogP contribution in [-0.2, 0) is 19.4 Å². The molecule has 2 aromatic rings. The Labute approximate surface area is 213 Å². The van der Waals surface area contributed by atoms with E-state index in [9.17, 15) is 4.79 Å². The van der Waals surface area contributed by atoms with Gasteiger partial charge in [0.05, 0.1) is 6.54 Å². The molecular weight excluding hydrogens is 533 g/mol. The van der Waals surface area contributed by atoms with Gasteiger partial charge in [-0.3, -0.25) is 14.7 Å². The van der Waals surface area contributed by atoms with Crippen LogP contribution >= 0.6 is 35.3 Å². The second kappa shape index (κ2) is 13.2. The van der Waals surface area contributed by atoms with Gasteiger partial charge in [-0.05, 0) is 61.4 Å². The number of fused-ring (bicyclic) bond motifs is 1. The van der Waals surface area contributed by atoms with Gasteiger partial charge in [-0.1, -0.05) is 12.1 Å². The third-order valence-corrected chi connectivity index (χ3v) is 6.63. The summed E-state index contributed by atoms with van der Waals surface area (Å²) < 4.78 is 0. The number of hydrogen-bond donors (Lipinski definition) is 2. The molecule has 1 amide bonds. The number of guanidine groups is 1. The van der Waals surface area contributed by atoms with Gasteiger partial charge in [-0.2, -0.15) is 0 Å². The minimum atomic E-state index is 0. The summed E-state index contributed by atoms with van der Waals surface area (Å²) in [5.74, 6) is 0.883. The molecule has 0 saturated carbocycles. The molecule has 1 aromatic heterocycles. The minimum absolute atomic E-state index is 0. The molecule has 0 bridgehead atoms. The highest BCUT2D eigenvalue weighted by molar-refractivity contribution is 14.0. The highest BCUT2D eigenvalue weighted by Crippen LogP contribution is 2.25. The zero-order chi connectivity index (χ0) is 22.2. The Hall–Kier alpha value is -1.65. The van der Waals surface area contributed by atoms with Crippen molar-refractivity contribution in [3.05, 3.63) is 57.3 Å². The SMILES string of the molecule is CCNC(=NCC(C)N1CCc2sccc2C1)NCCc1cccc(C(=O)N(C)C)c1.I. The molecule has 1 atom stereocenters. The van der Waals surface area contributed by atoms with Gasteiger partial charge in [-0.25, -0.2) is 0 Å². The number of halogens is 1. The number of hydrogen-bond acceptors (Lipinski definition) is 4. The molecule has 8 heteroatoms. The van der Waals surface area contributed by atoms with Gasteiger partial charge in [0.1, 0.15) is 0 Å². The van der Waals surface area contributed by atoms with Gasteiger partial charge >= 0.3 is 0 Å². The van der Waals surface area contributed by atoms with Crippen LogP contribution in [0.1, 0.15) is 40.2 Å². The Morgan fingerprint density at radius 3 is 2.84 bits per heavy atom. The van der Waals surface area contributed by atoms with E-state index >= 15 is 0 Å². The highest BCUT2D eigenvalue weighted by atomic mass is 127. The minimum Gasteiger partial charge on any atom is -0.357 e. The van der Waals surface area contributed by atoms with Crippen LogP contribution in [0.15, 0.2) is 40.7 Å². The maximum Gasteiger partial charge on any atom is 0.253 e. The van der Waals surface area contributed by atoms with Crippen molar-refractivity contribution >= 4 is 47.2 Å². The first-order chi connectivity index (χ1) is 15.0. The molecule has 0 spiro atoms. The smallest absolute Gasteiger partial charge is 0.253 e. The van der Waals surface area contributed by atoms with Crippen LogP contribution in [-0.4, -0.2) is 68.0 Å². The molecule has 1 aromatic carbocycles. The van der Waals surface area contributed by atoms with Crippen molar-refractivity contribution in [2.75, 3.05) is 40.3 Å². The van der Waals surface area contributed by atoms with E-state index in [4.69, 9.17) is 4.99 Å². The number of carbonyl (C=O) groups excluding carboxylic acids is 1. The van der Waals surface area contributed by atoms with Crippen molar-refractivity contribution in [3.8, 4) is 0 Å². The Morgan fingerprint density at radius 1 is 1.28 bits per heavy atom. The molecule has 3 rings (SSSR count). The normalized spacial score (nSPS) is 14.8. The first kappa shape index (κ1) is 26.6. The fourth-order valence-corrected chi connectivity index (χ4v) is 4.66. The second-order valence-electron chi connectivity index (χ2n) is 8.23. The molecular formula is C24H36IN5OS. The van der Waals surface area contributed by atoms with Crippen molar-refractivity contribution in [1.82, 2.24) is 20.4 Å². The van der Waals surface area contributed by atoms with Crippen molar-refractivity contribution < 1.29 is 4.79 Å². The van der Waals surface area contributed by atoms with Gasteiger partial charge in [-0.15, -0.1) is 35.3 Å². The third kappa shape index (κ3) is 7.45. The lowest BCUT2D eigenvalue weighted by molar-refractivity contribution is 0.0827. The monoisotopic (exact) mass is 569 g/mol. The zero-order valence-corrected chi connectivity index (χ0v) is 22.7. The zero-order valence-electron chi connectivity index (χ0n) is 19.6. The van der Waals surface area contributed by atoms with Crippen LogP contribution in [0.25, 0.3) is 0 Å². The second-order valence-corrected chi connectivity index (χ2v) is 9.24. The predicted octanol–water partition coefficient (Wildman–Crippen LogP) is 3.61. The van der Waals surface area contributed by atoms with Crippen LogP contribution in [0.2, 0.25) is 0 Å². The lowest BCUT2D eigenvalue weighted by Gasteiger charge is -2.31. The summed E-state index contributed by atoms with van der Waals surface area (Å²) in [5.41, 5.74) is 3.35. The quantitative estimate of drug-likeness (QED) is 0.290. The highest BCUT2D eigenvalue weighted by Gasteiger charge is 2.21. The molecule has 1 unspecified atom stereocenters. The van der Waals surface area contributed by atoms with E-state index in [0.717, 1.165) is 62.7 Å². The Morgan fingerprint density at radius 2 is 2.09 bits per heavy atom. The predicted molar refractivity (Wildman–Crippen MR) is 145 cm³/mol. The lowest BCUT2D eigenvalue weighted by atomic mass is 10.1. The van der Waals surface area contributed by atoms with Gasteiger partial charge in [0, 0.05) is 56.8 Å². The largest absolute Gasteiger partial charge is 0.357 e. The van der Waals surface area contributed by atoms with Crippen molar-refractivity contribution in [3.63, 3.8) is 0 Å². The summed E-state index contributed by atoms with van der Waals surface area (Å²) in [6.07, 6.45) is 1.98. The first-order valence-electron chi connectivity index (χ1n) is 11.1. The summed E-state index contributed by atoms with van der Waals surface area (Å²) >= 11 is 1.88. The molecule has 6 nitrogen and oxygen atoms in total. The number of thiophene rings is 1. The van der Waals surface area contributed by atoms with Crippen LogP contribution in [0, 0.1) is 0 Å². The fraction of sp³-hybridized carbons (Fsp3) is 0.500. The number of aliphatic imine (C=N–C) groups is 1. The van der Waals surface area contributed by atoms with Crippen LogP contribution in [0.5, 0.6) is 0 Å². The molecule has 0 aliphatic carbocycles. The average Bonchev–Trinajstić information content (AvgIpc) is 3.24. The molecule has 1 aliphatic rings. The van der Waals surface area contributed by atoms with E-state index in [1.807, 2.05) is 29.5 Å². The molecule has 1 aliphatic heterocycles. The standard InChI is InChI=1S/C24H35N5OS.HI/c1-5-25-24(26-12-9-19-7-6-8-20(15-19)23(30)28(3)4)27-16-18(2)29-13-10-22-21(17-29)11-14-31-22;/h6-8,11,14-15,18H,5,9-10,12-13,16-17H2,1-4H3,(H2,25,26,27);1H. The maximum absolute atomic E-state index is 12.2. The summed E-state index contributed by atoms with van der Waals surface area (Å²) in [4.78, 5) is 22.7. The van der Waals surface area contributed by atoms with E-state index in [1.54, 1.807) is 23.9 Å². The Balaban J connectivity index is 0.00000363. The third-order valence-electron chi connectivity index (χ3n) is 5.60. The number of rotatable bonds is 8. The fourth-order valence-electron chi connectivity index (χ4n) is 3.77. The van der Waals surface area contributed by atoms with Crippen LogP contribution in [0.4, 0.5) is 0 Å². The van der Waals surface area contributed by atoms with E-state index in [-0.39, 0.29) is 29.9 Å². The molecule has 0 radical (unpaired) electrons. The molecule has 32 heavy (non-hydrogen) atoms. The summed E-state index contributed by atoms with van der Waals surface area (Å²) in [7, 11) is 3.56. The Bertz CT molecular complexity index is 898. The maximum atomic E-state index is 12.2. The molecule has 0 fully saturated rings. The number of nitrogens with one attached hydrogen (secondary N) is 2. The van der Waals surface area contributed by atoms with E-state index in [2.05, 4.69) is 46.9 Å². The number of benzene rings is 1. The average molecular weight is 570 g/mol.